The van der Waals surface area contributed by atoms with Crippen LogP contribution in [0.2, 0.25) is 0 Å². The van der Waals surface area contributed by atoms with Crippen LogP contribution in [-0.4, -0.2) is 38.3 Å². The Morgan fingerprint density at radius 2 is 1.87 bits per heavy atom. The van der Waals surface area contributed by atoms with Gasteiger partial charge in [0.25, 0.3) is 0 Å². The summed E-state index contributed by atoms with van der Waals surface area (Å²) in [5.41, 5.74) is 1.19. The maximum absolute atomic E-state index is 12.4. The summed E-state index contributed by atoms with van der Waals surface area (Å²) in [6.45, 7) is 3.21. The van der Waals surface area contributed by atoms with E-state index in [1.165, 1.54) is 5.56 Å². The highest BCUT2D eigenvalue weighted by Gasteiger charge is 2.44. The van der Waals surface area contributed by atoms with E-state index in [4.69, 9.17) is 9.47 Å². The molecule has 1 aromatic carbocycles. The van der Waals surface area contributed by atoms with Gasteiger partial charge in [0.2, 0.25) is 5.91 Å². The van der Waals surface area contributed by atoms with Crippen LogP contribution < -0.4 is 20.1 Å². The summed E-state index contributed by atoms with van der Waals surface area (Å²) >= 11 is 0. The van der Waals surface area contributed by atoms with Crippen LogP contribution in [0.5, 0.6) is 11.5 Å². The number of rotatable bonds is 3. The zero-order valence-electron chi connectivity index (χ0n) is 13.0. The zero-order chi connectivity index (χ0) is 14.9. The predicted octanol–water partition coefficient (Wildman–Crippen LogP) is 1.85. The SMILES string of the molecule is Cl.O=C(NC1CCNCC1)C1CC1c1ccc2c(c1)OCCO2. The molecule has 0 bridgehead atoms. The Hall–Kier alpha value is -1.46. The number of ether oxygens (including phenoxy) is 2. The van der Waals surface area contributed by atoms with E-state index in [1.54, 1.807) is 0 Å². The Morgan fingerprint density at radius 1 is 1.13 bits per heavy atom. The number of amides is 1. The Bertz CT molecular complexity index is 575. The third-order valence-electron chi connectivity index (χ3n) is 4.81. The standard InChI is InChI=1S/C17H22N2O3.ClH/c20-17(19-12-3-5-18-6-4-12)14-10-13(14)11-1-2-15-16(9-11)22-8-7-21-15;/h1-2,9,12-14,18H,3-8,10H2,(H,19,20);1H. The van der Waals surface area contributed by atoms with Gasteiger partial charge in [-0.1, -0.05) is 6.07 Å². The average Bonchev–Trinajstić information content (AvgIpc) is 3.36. The molecule has 5 nitrogen and oxygen atoms in total. The fourth-order valence-electron chi connectivity index (χ4n) is 3.42. The van der Waals surface area contributed by atoms with Gasteiger partial charge >= 0.3 is 0 Å². The molecule has 2 unspecified atom stereocenters. The Labute approximate surface area is 142 Å². The number of nitrogens with one attached hydrogen (secondary N) is 2. The smallest absolute Gasteiger partial charge is 0.223 e. The Kier molecular flexibility index (Phi) is 4.97. The molecule has 0 radical (unpaired) electrons. The average molecular weight is 339 g/mol. The molecule has 1 aromatic rings. The lowest BCUT2D eigenvalue weighted by atomic mass is 10.1. The van der Waals surface area contributed by atoms with Crippen molar-refractivity contribution in [2.24, 2.45) is 5.92 Å². The van der Waals surface area contributed by atoms with Gasteiger partial charge < -0.3 is 20.1 Å². The summed E-state index contributed by atoms with van der Waals surface area (Å²) in [6, 6.07) is 6.41. The van der Waals surface area contributed by atoms with Crippen molar-refractivity contribution in [1.29, 1.82) is 0 Å². The van der Waals surface area contributed by atoms with Crippen LogP contribution in [0.1, 0.15) is 30.7 Å². The first-order valence-corrected chi connectivity index (χ1v) is 8.22. The summed E-state index contributed by atoms with van der Waals surface area (Å²) in [5.74, 6) is 2.29. The molecule has 4 rings (SSSR count). The topological polar surface area (TPSA) is 59.6 Å². The van der Waals surface area contributed by atoms with E-state index in [0.29, 0.717) is 25.2 Å². The van der Waals surface area contributed by atoms with Crippen LogP contribution in [0.15, 0.2) is 18.2 Å². The number of hydrogen-bond acceptors (Lipinski definition) is 4. The quantitative estimate of drug-likeness (QED) is 0.883. The van der Waals surface area contributed by atoms with Crippen molar-refractivity contribution in [2.45, 2.75) is 31.2 Å². The van der Waals surface area contributed by atoms with E-state index in [1.807, 2.05) is 12.1 Å². The molecule has 1 amide bonds. The van der Waals surface area contributed by atoms with Crippen molar-refractivity contribution < 1.29 is 14.3 Å². The lowest BCUT2D eigenvalue weighted by molar-refractivity contribution is -0.123. The van der Waals surface area contributed by atoms with Crippen LogP contribution in [0.4, 0.5) is 0 Å². The van der Waals surface area contributed by atoms with E-state index in [0.717, 1.165) is 43.9 Å². The van der Waals surface area contributed by atoms with Gasteiger partial charge in [-0.15, -0.1) is 12.4 Å². The summed E-state index contributed by atoms with van der Waals surface area (Å²) in [4.78, 5) is 12.4. The number of carbonyl (C=O) groups is 1. The molecule has 126 valence electrons. The molecule has 0 aromatic heterocycles. The van der Waals surface area contributed by atoms with Crippen LogP contribution in [0.25, 0.3) is 0 Å². The number of carbonyl (C=O) groups excluding carboxylic acids is 1. The molecule has 2 N–H and O–H groups in total. The molecule has 6 heteroatoms. The van der Waals surface area contributed by atoms with Crippen molar-refractivity contribution >= 4 is 18.3 Å². The van der Waals surface area contributed by atoms with Crippen molar-refractivity contribution in [3.63, 3.8) is 0 Å². The van der Waals surface area contributed by atoms with Gasteiger partial charge in [-0.05, 0) is 56.0 Å². The first kappa shape index (κ1) is 16.4. The monoisotopic (exact) mass is 338 g/mol. The van der Waals surface area contributed by atoms with Crippen LogP contribution in [0.3, 0.4) is 0 Å². The van der Waals surface area contributed by atoms with Crippen LogP contribution >= 0.6 is 12.4 Å². The fraction of sp³-hybridized carbons (Fsp3) is 0.588. The second-order valence-corrected chi connectivity index (χ2v) is 6.38. The maximum atomic E-state index is 12.4. The summed E-state index contributed by atoms with van der Waals surface area (Å²) in [5, 5.41) is 6.53. The predicted molar refractivity (Wildman–Crippen MR) is 89.6 cm³/mol. The molecule has 1 saturated heterocycles. The minimum atomic E-state index is 0. The largest absolute Gasteiger partial charge is 0.486 e. The summed E-state index contributed by atoms with van der Waals surface area (Å²) in [6.07, 6.45) is 3.01. The zero-order valence-corrected chi connectivity index (χ0v) is 13.9. The van der Waals surface area contributed by atoms with E-state index in [2.05, 4.69) is 16.7 Å². The van der Waals surface area contributed by atoms with Crippen molar-refractivity contribution in [2.75, 3.05) is 26.3 Å². The van der Waals surface area contributed by atoms with Gasteiger partial charge in [-0.25, -0.2) is 0 Å². The highest BCUT2D eigenvalue weighted by Crippen LogP contribution is 2.49. The summed E-state index contributed by atoms with van der Waals surface area (Å²) < 4.78 is 11.2. The number of fused-ring (bicyclic) bond motifs is 1. The van der Waals surface area contributed by atoms with Gasteiger partial charge in [-0.3, -0.25) is 4.79 Å². The molecule has 2 heterocycles. The first-order valence-electron chi connectivity index (χ1n) is 8.22. The van der Waals surface area contributed by atoms with Gasteiger partial charge in [-0.2, -0.15) is 0 Å². The van der Waals surface area contributed by atoms with Gasteiger partial charge in [0.1, 0.15) is 13.2 Å². The molecule has 2 atom stereocenters. The molecule has 3 aliphatic rings. The molecule has 1 aliphatic carbocycles. The normalized spacial score (nSPS) is 26.1. The fourth-order valence-corrected chi connectivity index (χ4v) is 3.42. The van der Waals surface area contributed by atoms with Crippen molar-refractivity contribution in [3.05, 3.63) is 23.8 Å². The van der Waals surface area contributed by atoms with Gasteiger partial charge in [0, 0.05) is 12.0 Å². The minimum absolute atomic E-state index is 0. The molecule has 23 heavy (non-hydrogen) atoms. The molecular formula is C17H23ClN2O3. The van der Waals surface area contributed by atoms with Crippen molar-refractivity contribution in [1.82, 2.24) is 10.6 Å². The van der Waals surface area contributed by atoms with Gasteiger partial charge in [0.15, 0.2) is 11.5 Å². The number of hydrogen-bond donors (Lipinski definition) is 2. The molecule has 2 aliphatic heterocycles. The highest BCUT2D eigenvalue weighted by atomic mass is 35.5. The molecule has 0 spiro atoms. The van der Waals surface area contributed by atoms with E-state index < -0.39 is 0 Å². The number of halogens is 1. The van der Waals surface area contributed by atoms with Crippen molar-refractivity contribution in [3.8, 4) is 11.5 Å². The second kappa shape index (κ2) is 6.97. The third kappa shape index (κ3) is 3.56. The second-order valence-electron chi connectivity index (χ2n) is 6.38. The lowest BCUT2D eigenvalue weighted by Gasteiger charge is -2.23. The van der Waals surface area contributed by atoms with E-state index in [9.17, 15) is 4.79 Å². The molecular weight excluding hydrogens is 316 g/mol. The minimum Gasteiger partial charge on any atom is -0.486 e. The molecule has 1 saturated carbocycles. The van der Waals surface area contributed by atoms with Crippen LogP contribution in [0, 0.1) is 5.92 Å². The van der Waals surface area contributed by atoms with E-state index >= 15 is 0 Å². The molecule has 2 fully saturated rings. The number of benzene rings is 1. The Balaban J connectivity index is 0.00000156. The maximum Gasteiger partial charge on any atom is 0.223 e. The third-order valence-corrected chi connectivity index (χ3v) is 4.81. The van der Waals surface area contributed by atoms with Crippen LogP contribution in [-0.2, 0) is 4.79 Å². The highest BCUT2D eigenvalue weighted by molar-refractivity contribution is 5.85. The summed E-state index contributed by atoms with van der Waals surface area (Å²) in [7, 11) is 0. The van der Waals surface area contributed by atoms with Gasteiger partial charge in [0.05, 0.1) is 0 Å². The number of piperidine rings is 1. The Morgan fingerprint density at radius 3 is 2.65 bits per heavy atom. The first-order chi connectivity index (χ1) is 10.8. The van der Waals surface area contributed by atoms with E-state index in [-0.39, 0.29) is 24.2 Å². The lowest BCUT2D eigenvalue weighted by Crippen LogP contribution is -2.43.